The molecular weight excluding hydrogens is 144 g/mol. The van der Waals surface area contributed by atoms with Crippen LogP contribution < -0.4 is 0 Å². The summed E-state index contributed by atoms with van der Waals surface area (Å²) >= 11 is 0. The van der Waals surface area contributed by atoms with Crippen LogP contribution in [-0.2, 0) is 0 Å². The van der Waals surface area contributed by atoms with Gasteiger partial charge in [-0.25, -0.2) is 0 Å². The molecule has 0 radical (unpaired) electrons. The molecule has 0 aliphatic heterocycles. The molecule has 0 saturated carbocycles. The fourth-order valence-corrected chi connectivity index (χ4v) is 1.20. The average Bonchev–Trinajstić information content (AvgIpc) is 2.17. The van der Waals surface area contributed by atoms with E-state index in [0.717, 1.165) is 0 Å². The van der Waals surface area contributed by atoms with E-state index in [1.54, 1.807) is 0 Å². The van der Waals surface area contributed by atoms with Crippen LogP contribution in [0.2, 0.25) is 0 Å². The molecule has 0 fully saturated rings. The molecule has 0 N–H and O–H groups in total. The standard InChI is InChI=1S/C12H16/c1-4-10(3)12-8-6-11(5-2)7-9-12/h5-10H,2,4H2,1,3H3. The number of hydrogen-bond acceptors (Lipinski definition) is 0. The zero-order valence-corrected chi connectivity index (χ0v) is 7.88. The van der Waals surface area contributed by atoms with Crippen molar-refractivity contribution in [3.8, 4) is 0 Å². The second-order valence-corrected chi connectivity index (χ2v) is 3.18. The minimum atomic E-state index is 0.670. The highest BCUT2D eigenvalue weighted by atomic mass is 14.1. The van der Waals surface area contributed by atoms with Gasteiger partial charge in [0.1, 0.15) is 0 Å². The van der Waals surface area contributed by atoms with Crippen LogP contribution in [0.5, 0.6) is 0 Å². The van der Waals surface area contributed by atoms with Gasteiger partial charge >= 0.3 is 0 Å². The fraction of sp³-hybridized carbons (Fsp3) is 0.333. The normalized spacial score (nSPS) is 12.5. The van der Waals surface area contributed by atoms with Crippen molar-refractivity contribution < 1.29 is 0 Å². The molecule has 0 heterocycles. The summed E-state index contributed by atoms with van der Waals surface area (Å²) in [5.74, 6) is 0.670. The molecule has 0 nitrogen and oxygen atoms in total. The minimum Gasteiger partial charge on any atom is -0.0985 e. The van der Waals surface area contributed by atoms with E-state index in [-0.39, 0.29) is 0 Å². The van der Waals surface area contributed by atoms with Gasteiger partial charge in [0.05, 0.1) is 0 Å². The molecule has 1 unspecified atom stereocenters. The van der Waals surface area contributed by atoms with E-state index in [1.807, 2.05) is 6.08 Å². The van der Waals surface area contributed by atoms with Crippen molar-refractivity contribution in [1.29, 1.82) is 0 Å². The van der Waals surface area contributed by atoms with Gasteiger partial charge in [-0.05, 0) is 23.5 Å². The van der Waals surface area contributed by atoms with Crippen molar-refractivity contribution in [3.63, 3.8) is 0 Å². The molecule has 64 valence electrons. The highest BCUT2D eigenvalue weighted by molar-refractivity contribution is 5.47. The van der Waals surface area contributed by atoms with Crippen molar-refractivity contribution in [2.45, 2.75) is 26.2 Å². The van der Waals surface area contributed by atoms with Gasteiger partial charge in [-0.1, -0.05) is 50.8 Å². The molecule has 0 saturated heterocycles. The molecule has 0 aromatic heterocycles. The van der Waals surface area contributed by atoms with Crippen molar-refractivity contribution in [2.75, 3.05) is 0 Å². The molecule has 0 amide bonds. The lowest BCUT2D eigenvalue weighted by molar-refractivity contribution is 0.733. The molecule has 1 aromatic carbocycles. The third kappa shape index (κ3) is 1.97. The average molecular weight is 160 g/mol. The molecule has 0 aliphatic rings. The molecule has 1 atom stereocenters. The first-order chi connectivity index (χ1) is 5.77. The Morgan fingerprint density at radius 2 is 1.92 bits per heavy atom. The van der Waals surface area contributed by atoms with E-state index < -0.39 is 0 Å². The maximum atomic E-state index is 3.73. The fourth-order valence-electron chi connectivity index (χ4n) is 1.20. The molecule has 12 heavy (non-hydrogen) atoms. The first-order valence-electron chi connectivity index (χ1n) is 4.50. The largest absolute Gasteiger partial charge is 0.0985 e. The van der Waals surface area contributed by atoms with Gasteiger partial charge in [0.25, 0.3) is 0 Å². The maximum absolute atomic E-state index is 3.73. The van der Waals surface area contributed by atoms with Crippen molar-refractivity contribution in [3.05, 3.63) is 42.0 Å². The van der Waals surface area contributed by atoms with Crippen LogP contribution in [0.15, 0.2) is 30.8 Å². The highest BCUT2D eigenvalue weighted by Gasteiger charge is 2.00. The number of rotatable bonds is 3. The quantitative estimate of drug-likeness (QED) is 0.630. The summed E-state index contributed by atoms with van der Waals surface area (Å²) in [4.78, 5) is 0. The van der Waals surface area contributed by atoms with Crippen molar-refractivity contribution in [1.82, 2.24) is 0 Å². The second kappa shape index (κ2) is 4.10. The Labute approximate surface area is 74.9 Å². The van der Waals surface area contributed by atoms with Crippen LogP contribution in [0, 0.1) is 0 Å². The van der Waals surface area contributed by atoms with Crippen LogP contribution in [0.1, 0.15) is 37.3 Å². The van der Waals surface area contributed by atoms with Gasteiger partial charge in [0, 0.05) is 0 Å². The Bertz CT molecular complexity index is 243. The van der Waals surface area contributed by atoms with Crippen LogP contribution >= 0.6 is 0 Å². The van der Waals surface area contributed by atoms with Crippen LogP contribution in [0.25, 0.3) is 6.08 Å². The summed E-state index contributed by atoms with van der Waals surface area (Å²) in [6.07, 6.45) is 3.08. The summed E-state index contributed by atoms with van der Waals surface area (Å²) in [6.45, 7) is 8.19. The van der Waals surface area contributed by atoms with E-state index in [9.17, 15) is 0 Å². The highest BCUT2D eigenvalue weighted by Crippen LogP contribution is 2.18. The lowest BCUT2D eigenvalue weighted by Crippen LogP contribution is -1.90. The van der Waals surface area contributed by atoms with Crippen LogP contribution in [-0.4, -0.2) is 0 Å². The van der Waals surface area contributed by atoms with Gasteiger partial charge < -0.3 is 0 Å². The topological polar surface area (TPSA) is 0 Å². The Balaban J connectivity index is 2.84. The van der Waals surface area contributed by atoms with Gasteiger partial charge in [-0.3, -0.25) is 0 Å². The summed E-state index contributed by atoms with van der Waals surface area (Å²) in [6, 6.07) is 8.61. The first kappa shape index (κ1) is 9.05. The van der Waals surface area contributed by atoms with E-state index in [4.69, 9.17) is 0 Å². The monoisotopic (exact) mass is 160 g/mol. The van der Waals surface area contributed by atoms with Crippen LogP contribution in [0.3, 0.4) is 0 Å². The van der Waals surface area contributed by atoms with Crippen LogP contribution in [0.4, 0.5) is 0 Å². The lowest BCUT2D eigenvalue weighted by atomic mass is 9.98. The Morgan fingerprint density at radius 3 is 2.33 bits per heavy atom. The minimum absolute atomic E-state index is 0.670. The van der Waals surface area contributed by atoms with Crippen molar-refractivity contribution >= 4 is 6.08 Å². The molecule has 0 aliphatic carbocycles. The second-order valence-electron chi connectivity index (χ2n) is 3.18. The summed E-state index contributed by atoms with van der Waals surface area (Å²) < 4.78 is 0. The molecular formula is C12H16. The Hall–Kier alpha value is -1.04. The summed E-state index contributed by atoms with van der Waals surface area (Å²) in [7, 11) is 0. The molecule has 0 heteroatoms. The zero-order valence-electron chi connectivity index (χ0n) is 7.88. The third-order valence-electron chi connectivity index (χ3n) is 2.35. The molecule has 0 spiro atoms. The SMILES string of the molecule is C=Cc1ccc(C(C)CC)cc1. The Kier molecular flexibility index (Phi) is 3.09. The lowest BCUT2D eigenvalue weighted by Gasteiger charge is -2.08. The number of benzene rings is 1. The maximum Gasteiger partial charge on any atom is -0.0193 e. The van der Waals surface area contributed by atoms with E-state index in [0.29, 0.717) is 5.92 Å². The van der Waals surface area contributed by atoms with Gasteiger partial charge in [-0.2, -0.15) is 0 Å². The van der Waals surface area contributed by atoms with Gasteiger partial charge in [0.2, 0.25) is 0 Å². The molecule has 0 bridgehead atoms. The van der Waals surface area contributed by atoms with E-state index in [2.05, 4.69) is 44.7 Å². The molecule has 1 rings (SSSR count). The predicted octanol–water partition coefficient (Wildman–Crippen LogP) is 3.84. The third-order valence-corrected chi connectivity index (χ3v) is 2.35. The van der Waals surface area contributed by atoms with E-state index in [1.165, 1.54) is 17.5 Å². The number of hydrogen-bond donors (Lipinski definition) is 0. The first-order valence-corrected chi connectivity index (χ1v) is 4.50. The summed E-state index contributed by atoms with van der Waals surface area (Å²) in [5, 5.41) is 0. The molecule has 1 aromatic rings. The van der Waals surface area contributed by atoms with Gasteiger partial charge in [0.15, 0.2) is 0 Å². The summed E-state index contributed by atoms with van der Waals surface area (Å²) in [5.41, 5.74) is 2.62. The van der Waals surface area contributed by atoms with Crippen molar-refractivity contribution in [2.24, 2.45) is 0 Å². The van der Waals surface area contributed by atoms with Gasteiger partial charge in [-0.15, -0.1) is 0 Å². The Morgan fingerprint density at radius 1 is 1.33 bits per heavy atom. The smallest absolute Gasteiger partial charge is 0.0193 e. The predicted molar refractivity (Wildman–Crippen MR) is 55.2 cm³/mol. The van der Waals surface area contributed by atoms with E-state index >= 15 is 0 Å². The zero-order chi connectivity index (χ0) is 8.97.